The number of allylic oxidation sites excluding steroid dienone is 4. The van der Waals surface area contributed by atoms with Crippen LogP contribution in [-0.2, 0) is 4.79 Å². The predicted octanol–water partition coefficient (Wildman–Crippen LogP) is 5.88. The summed E-state index contributed by atoms with van der Waals surface area (Å²) in [6.45, 7) is 2.16. The third-order valence-corrected chi connectivity index (χ3v) is 3.35. The minimum absolute atomic E-state index is 0.333. The quantitative estimate of drug-likeness (QED) is 0.318. The summed E-state index contributed by atoms with van der Waals surface area (Å²) in [7, 11) is 0. The number of aliphatic carboxylic acids is 1. The van der Waals surface area contributed by atoms with Crippen molar-refractivity contribution in [2.45, 2.75) is 84.0 Å². The second kappa shape index (κ2) is 16.0. The van der Waals surface area contributed by atoms with Crippen molar-refractivity contribution in [2.24, 2.45) is 0 Å². The minimum atomic E-state index is -0.664. The molecule has 1 N–H and O–H groups in total. The van der Waals surface area contributed by atoms with E-state index in [1.165, 1.54) is 44.9 Å². The highest BCUT2D eigenvalue weighted by Gasteiger charge is 1.96. The smallest absolute Gasteiger partial charge is 0.303 e. The Bertz CT molecular complexity index is 267. The zero-order valence-corrected chi connectivity index (χ0v) is 13.2. The summed E-state index contributed by atoms with van der Waals surface area (Å²) in [5.74, 6) is -0.664. The van der Waals surface area contributed by atoms with E-state index < -0.39 is 5.97 Å². The molecule has 20 heavy (non-hydrogen) atoms. The van der Waals surface area contributed by atoms with Crippen LogP contribution in [0.1, 0.15) is 84.0 Å². The Hall–Kier alpha value is -1.05. The van der Waals surface area contributed by atoms with Gasteiger partial charge < -0.3 is 5.11 Å². The molecule has 0 atom stereocenters. The van der Waals surface area contributed by atoms with Crippen molar-refractivity contribution in [3.63, 3.8) is 0 Å². The molecule has 0 amide bonds. The first-order valence-electron chi connectivity index (χ1n) is 8.29. The molecule has 0 aliphatic heterocycles. The highest BCUT2D eigenvalue weighted by molar-refractivity contribution is 5.66. The van der Waals surface area contributed by atoms with Crippen LogP contribution < -0.4 is 0 Å². The molecule has 2 nitrogen and oxygen atoms in total. The Labute approximate surface area is 125 Å². The lowest BCUT2D eigenvalue weighted by Gasteiger charge is -2.00. The molecule has 0 aliphatic carbocycles. The standard InChI is InChI=1S/C18H32O2/c1-2-3-4-5-6-7-8-9-10-11-12-13-14-15-16-17-18(19)20/h3-4,6-7H,2,5,8-17H2,1H3,(H,19,20)/b4-3-,7-6-. The van der Waals surface area contributed by atoms with Gasteiger partial charge in [-0.1, -0.05) is 69.8 Å². The molecule has 2 heteroatoms. The number of hydrogen-bond donors (Lipinski definition) is 1. The van der Waals surface area contributed by atoms with Gasteiger partial charge in [-0.15, -0.1) is 0 Å². The summed E-state index contributed by atoms with van der Waals surface area (Å²) in [5.41, 5.74) is 0. The van der Waals surface area contributed by atoms with E-state index in [0.717, 1.165) is 25.7 Å². The molecule has 0 aromatic heterocycles. The van der Waals surface area contributed by atoms with Gasteiger partial charge in [0.2, 0.25) is 0 Å². The summed E-state index contributed by atoms with van der Waals surface area (Å²) >= 11 is 0. The van der Waals surface area contributed by atoms with Crippen molar-refractivity contribution < 1.29 is 9.90 Å². The van der Waals surface area contributed by atoms with Crippen LogP contribution in [0, 0.1) is 0 Å². The maximum Gasteiger partial charge on any atom is 0.303 e. The molecular formula is C18H32O2. The molecule has 0 aromatic rings. The van der Waals surface area contributed by atoms with Gasteiger partial charge in [-0.3, -0.25) is 4.79 Å². The van der Waals surface area contributed by atoms with Crippen molar-refractivity contribution in [3.8, 4) is 0 Å². The third kappa shape index (κ3) is 16.9. The van der Waals surface area contributed by atoms with Crippen LogP contribution in [0.15, 0.2) is 24.3 Å². The Morgan fingerprint density at radius 2 is 1.35 bits per heavy atom. The number of rotatable bonds is 14. The molecule has 0 rings (SSSR count). The van der Waals surface area contributed by atoms with Crippen molar-refractivity contribution in [2.75, 3.05) is 0 Å². The van der Waals surface area contributed by atoms with Gasteiger partial charge in [-0.2, -0.15) is 0 Å². The molecule has 0 unspecified atom stereocenters. The van der Waals surface area contributed by atoms with E-state index in [2.05, 4.69) is 31.2 Å². The Kier molecular flexibility index (Phi) is 15.2. The van der Waals surface area contributed by atoms with E-state index in [1.807, 2.05) is 0 Å². The van der Waals surface area contributed by atoms with Crippen molar-refractivity contribution in [1.29, 1.82) is 0 Å². The second-order valence-electron chi connectivity index (χ2n) is 5.35. The van der Waals surface area contributed by atoms with Gasteiger partial charge in [0.15, 0.2) is 0 Å². The van der Waals surface area contributed by atoms with Crippen LogP contribution in [-0.4, -0.2) is 11.1 Å². The van der Waals surface area contributed by atoms with Crippen molar-refractivity contribution >= 4 is 5.97 Å². The molecule has 0 radical (unpaired) electrons. The van der Waals surface area contributed by atoms with Gasteiger partial charge in [-0.25, -0.2) is 0 Å². The van der Waals surface area contributed by atoms with E-state index in [1.54, 1.807) is 0 Å². The van der Waals surface area contributed by atoms with Gasteiger partial charge in [0.25, 0.3) is 0 Å². The van der Waals surface area contributed by atoms with Gasteiger partial charge in [0.05, 0.1) is 0 Å². The largest absolute Gasteiger partial charge is 0.481 e. The second-order valence-corrected chi connectivity index (χ2v) is 5.35. The van der Waals surface area contributed by atoms with Crippen LogP contribution in [0.4, 0.5) is 0 Å². The molecule has 0 bridgehead atoms. The first kappa shape index (κ1) is 18.9. The molecule has 0 saturated heterocycles. The van der Waals surface area contributed by atoms with Gasteiger partial charge >= 0.3 is 5.97 Å². The lowest BCUT2D eigenvalue weighted by molar-refractivity contribution is -0.137. The molecule has 0 aromatic carbocycles. The molecule has 0 saturated carbocycles. The lowest BCUT2D eigenvalue weighted by atomic mass is 10.1. The lowest BCUT2D eigenvalue weighted by Crippen LogP contribution is -1.93. The van der Waals surface area contributed by atoms with Crippen molar-refractivity contribution in [1.82, 2.24) is 0 Å². The molecule has 0 spiro atoms. The molecular weight excluding hydrogens is 248 g/mol. The third-order valence-electron chi connectivity index (χ3n) is 3.35. The molecule has 116 valence electrons. The van der Waals surface area contributed by atoms with E-state index in [-0.39, 0.29) is 0 Å². The minimum Gasteiger partial charge on any atom is -0.481 e. The maximum atomic E-state index is 10.3. The van der Waals surface area contributed by atoms with Crippen LogP contribution in [0.25, 0.3) is 0 Å². The number of carbonyl (C=O) groups is 1. The zero-order valence-electron chi connectivity index (χ0n) is 13.2. The maximum absolute atomic E-state index is 10.3. The van der Waals surface area contributed by atoms with Crippen LogP contribution in [0.3, 0.4) is 0 Å². The van der Waals surface area contributed by atoms with E-state index >= 15 is 0 Å². The zero-order chi connectivity index (χ0) is 14.9. The van der Waals surface area contributed by atoms with E-state index in [9.17, 15) is 4.79 Å². The van der Waals surface area contributed by atoms with E-state index in [0.29, 0.717) is 6.42 Å². The fraction of sp³-hybridized carbons (Fsp3) is 0.722. The first-order valence-corrected chi connectivity index (χ1v) is 8.29. The van der Waals surface area contributed by atoms with Gasteiger partial charge in [0, 0.05) is 6.42 Å². The summed E-state index contributed by atoms with van der Waals surface area (Å²) in [6.07, 6.45) is 22.3. The predicted molar refractivity (Wildman–Crippen MR) is 87.0 cm³/mol. The van der Waals surface area contributed by atoms with Gasteiger partial charge in [-0.05, 0) is 32.1 Å². The average Bonchev–Trinajstić information content (AvgIpc) is 2.43. The average molecular weight is 280 g/mol. The highest BCUT2D eigenvalue weighted by atomic mass is 16.4. The van der Waals surface area contributed by atoms with Crippen LogP contribution in [0.2, 0.25) is 0 Å². The molecule has 0 aliphatic rings. The van der Waals surface area contributed by atoms with E-state index in [4.69, 9.17) is 5.11 Å². The SMILES string of the molecule is CC/C=C\C/C=C\CCCCCCCCCCC(=O)O. The number of carboxylic acids is 1. The molecule has 0 fully saturated rings. The van der Waals surface area contributed by atoms with Crippen LogP contribution in [0.5, 0.6) is 0 Å². The topological polar surface area (TPSA) is 37.3 Å². The summed E-state index contributed by atoms with van der Waals surface area (Å²) in [6, 6.07) is 0. The number of unbranched alkanes of at least 4 members (excludes halogenated alkanes) is 8. The normalized spacial score (nSPS) is 11.7. The van der Waals surface area contributed by atoms with Gasteiger partial charge in [0.1, 0.15) is 0 Å². The number of hydrogen-bond acceptors (Lipinski definition) is 1. The van der Waals surface area contributed by atoms with Crippen LogP contribution >= 0.6 is 0 Å². The Morgan fingerprint density at radius 3 is 1.95 bits per heavy atom. The number of carboxylic acid groups (broad SMARTS) is 1. The fourth-order valence-corrected chi connectivity index (χ4v) is 2.15. The van der Waals surface area contributed by atoms with Crippen molar-refractivity contribution in [3.05, 3.63) is 24.3 Å². The summed E-state index contributed by atoms with van der Waals surface area (Å²) < 4.78 is 0. The first-order chi connectivity index (χ1) is 9.77. The fourth-order valence-electron chi connectivity index (χ4n) is 2.15. The monoisotopic (exact) mass is 280 g/mol. The Balaban J connectivity index is 3.09. The Morgan fingerprint density at radius 1 is 0.800 bits per heavy atom. The molecule has 0 heterocycles. The summed E-state index contributed by atoms with van der Waals surface area (Å²) in [4.78, 5) is 10.3. The summed E-state index contributed by atoms with van der Waals surface area (Å²) in [5, 5.41) is 8.51. The highest BCUT2D eigenvalue weighted by Crippen LogP contribution is 2.10.